The van der Waals surface area contributed by atoms with E-state index in [1.165, 1.54) is 12.3 Å². The zero-order chi connectivity index (χ0) is 13.2. The predicted molar refractivity (Wildman–Crippen MR) is 67.8 cm³/mol. The molecule has 5 nitrogen and oxygen atoms in total. The quantitative estimate of drug-likeness (QED) is 0.688. The summed E-state index contributed by atoms with van der Waals surface area (Å²) in [5, 5.41) is 20.5. The standard InChI is InChI=1S/C11H15BrN2O3/c1-11(2,3)10(15)5-9-8(12)4-7(6-13-9)14(16)17/h4,6,10,15H,5H2,1-3H3. The third-order valence-corrected chi connectivity index (χ3v) is 3.19. The highest BCUT2D eigenvalue weighted by atomic mass is 79.9. The number of hydrogen-bond donors (Lipinski definition) is 1. The van der Waals surface area contributed by atoms with E-state index in [1.807, 2.05) is 20.8 Å². The van der Waals surface area contributed by atoms with Crippen LogP contribution in [0.1, 0.15) is 26.5 Å². The van der Waals surface area contributed by atoms with E-state index in [1.54, 1.807) is 0 Å². The Labute approximate surface area is 108 Å². The molecule has 0 aliphatic carbocycles. The van der Waals surface area contributed by atoms with Crippen molar-refractivity contribution in [3.63, 3.8) is 0 Å². The molecule has 0 radical (unpaired) electrons. The smallest absolute Gasteiger partial charge is 0.288 e. The number of halogens is 1. The summed E-state index contributed by atoms with van der Waals surface area (Å²) in [4.78, 5) is 14.0. The molecule has 94 valence electrons. The highest BCUT2D eigenvalue weighted by Gasteiger charge is 2.24. The summed E-state index contributed by atoms with van der Waals surface area (Å²) in [6.07, 6.45) is 1.02. The van der Waals surface area contributed by atoms with E-state index in [4.69, 9.17) is 0 Å². The molecule has 1 unspecified atom stereocenters. The first kappa shape index (κ1) is 14.1. The van der Waals surface area contributed by atoms with Crippen molar-refractivity contribution in [3.8, 4) is 0 Å². The second-order valence-corrected chi connectivity index (χ2v) is 5.82. The van der Waals surface area contributed by atoms with E-state index < -0.39 is 11.0 Å². The average molecular weight is 303 g/mol. The van der Waals surface area contributed by atoms with Crippen LogP contribution in [0.25, 0.3) is 0 Å². The van der Waals surface area contributed by atoms with Crippen LogP contribution < -0.4 is 0 Å². The minimum atomic E-state index is -0.548. The van der Waals surface area contributed by atoms with Gasteiger partial charge in [-0.1, -0.05) is 20.8 Å². The van der Waals surface area contributed by atoms with Crippen LogP contribution in [0.15, 0.2) is 16.7 Å². The first-order chi connectivity index (χ1) is 7.71. The Morgan fingerprint density at radius 2 is 2.18 bits per heavy atom. The summed E-state index contributed by atoms with van der Waals surface area (Å²) < 4.78 is 0.551. The number of nitrogens with zero attached hydrogens (tertiary/aromatic N) is 2. The van der Waals surface area contributed by atoms with Crippen LogP contribution >= 0.6 is 15.9 Å². The molecule has 1 aromatic rings. The van der Waals surface area contributed by atoms with Gasteiger partial charge in [0.2, 0.25) is 0 Å². The van der Waals surface area contributed by atoms with Crippen molar-refractivity contribution in [1.29, 1.82) is 0 Å². The Morgan fingerprint density at radius 3 is 2.59 bits per heavy atom. The van der Waals surface area contributed by atoms with Gasteiger partial charge in [-0.2, -0.15) is 0 Å². The van der Waals surface area contributed by atoms with Gasteiger partial charge < -0.3 is 5.11 Å². The van der Waals surface area contributed by atoms with Crippen LogP contribution in [0.2, 0.25) is 0 Å². The maximum absolute atomic E-state index is 10.5. The Balaban J connectivity index is 2.90. The van der Waals surface area contributed by atoms with Crippen LogP contribution in [-0.2, 0) is 6.42 Å². The largest absolute Gasteiger partial charge is 0.392 e. The first-order valence-corrected chi connectivity index (χ1v) is 5.98. The Kier molecular flexibility index (Phi) is 4.21. The van der Waals surface area contributed by atoms with E-state index in [0.717, 1.165) is 0 Å². The molecule has 1 rings (SSSR count). The SMILES string of the molecule is CC(C)(C)C(O)Cc1ncc([N+](=O)[O-])cc1Br. The molecule has 1 aromatic heterocycles. The normalized spacial score (nSPS) is 13.5. The van der Waals surface area contributed by atoms with Gasteiger partial charge in [0.05, 0.1) is 16.7 Å². The van der Waals surface area contributed by atoms with Crippen LogP contribution in [0.5, 0.6) is 0 Å². The van der Waals surface area contributed by atoms with Crippen molar-refractivity contribution in [3.05, 3.63) is 32.5 Å². The third-order valence-electron chi connectivity index (χ3n) is 2.50. The van der Waals surface area contributed by atoms with E-state index in [-0.39, 0.29) is 11.1 Å². The molecule has 0 aliphatic rings. The number of rotatable bonds is 3. The molecule has 1 N–H and O–H groups in total. The van der Waals surface area contributed by atoms with E-state index in [9.17, 15) is 15.2 Å². The molecule has 0 fully saturated rings. The fraction of sp³-hybridized carbons (Fsp3) is 0.545. The monoisotopic (exact) mass is 302 g/mol. The fourth-order valence-electron chi connectivity index (χ4n) is 1.20. The summed E-state index contributed by atoms with van der Waals surface area (Å²) >= 11 is 3.23. The van der Waals surface area contributed by atoms with E-state index >= 15 is 0 Å². The van der Waals surface area contributed by atoms with Crippen LogP contribution in [0, 0.1) is 15.5 Å². The van der Waals surface area contributed by atoms with Crippen molar-refractivity contribution in [2.24, 2.45) is 5.41 Å². The van der Waals surface area contributed by atoms with Gasteiger partial charge in [0, 0.05) is 17.0 Å². The van der Waals surface area contributed by atoms with Crippen molar-refractivity contribution in [2.75, 3.05) is 0 Å². The van der Waals surface area contributed by atoms with Gasteiger partial charge in [-0.05, 0) is 21.3 Å². The molecule has 0 saturated heterocycles. The Hall–Kier alpha value is -1.01. The molecule has 17 heavy (non-hydrogen) atoms. The minimum absolute atomic E-state index is 0.0640. The van der Waals surface area contributed by atoms with E-state index in [2.05, 4.69) is 20.9 Å². The van der Waals surface area contributed by atoms with Crippen molar-refractivity contribution >= 4 is 21.6 Å². The van der Waals surface area contributed by atoms with Gasteiger partial charge in [-0.25, -0.2) is 0 Å². The minimum Gasteiger partial charge on any atom is -0.392 e. The lowest BCUT2D eigenvalue weighted by Crippen LogP contribution is -2.28. The summed E-state index contributed by atoms with van der Waals surface area (Å²) in [5.74, 6) is 0. The molecule has 0 aromatic carbocycles. The molecule has 0 saturated carbocycles. The fourth-order valence-corrected chi connectivity index (χ4v) is 1.69. The number of aliphatic hydroxyl groups is 1. The van der Waals surface area contributed by atoms with Gasteiger partial charge in [0.15, 0.2) is 0 Å². The lowest BCUT2D eigenvalue weighted by molar-refractivity contribution is -0.385. The number of aliphatic hydroxyl groups excluding tert-OH is 1. The summed E-state index contributed by atoms with van der Waals surface area (Å²) in [6.45, 7) is 5.78. The molecule has 1 heterocycles. The second kappa shape index (κ2) is 5.10. The van der Waals surface area contributed by atoms with Crippen LogP contribution in [0.4, 0.5) is 5.69 Å². The molecular formula is C11H15BrN2O3. The summed E-state index contributed by atoms with van der Waals surface area (Å²) in [5.41, 5.74) is 0.312. The van der Waals surface area contributed by atoms with Gasteiger partial charge in [0.1, 0.15) is 6.20 Å². The lowest BCUT2D eigenvalue weighted by Gasteiger charge is -2.25. The predicted octanol–water partition coefficient (Wildman–Crippen LogP) is 2.70. The van der Waals surface area contributed by atoms with Crippen molar-refractivity contribution in [2.45, 2.75) is 33.3 Å². The second-order valence-electron chi connectivity index (χ2n) is 4.97. The van der Waals surface area contributed by atoms with Gasteiger partial charge in [0.25, 0.3) is 5.69 Å². The van der Waals surface area contributed by atoms with Crippen LogP contribution in [-0.4, -0.2) is 21.1 Å². The molecule has 6 heteroatoms. The number of hydrogen-bond acceptors (Lipinski definition) is 4. The molecular weight excluding hydrogens is 288 g/mol. The topological polar surface area (TPSA) is 76.3 Å². The number of aromatic nitrogens is 1. The van der Waals surface area contributed by atoms with Crippen molar-refractivity contribution < 1.29 is 10.0 Å². The highest BCUT2D eigenvalue weighted by molar-refractivity contribution is 9.10. The zero-order valence-electron chi connectivity index (χ0n) is 9.98. The highest BCUT2D eigenvalue weighted by Crippen LogP contribution is 2.26. The number of pyridine rings is 1. The maximum Gasteiger partial charge on any atom is 0.288 e. The molecule has 0 amide bonds. The Morgan fingerprint density at radius 1 is 1.59 bits per heavy atom. The van der Waals surface area contributed by atoms with E-state index in [0.29, 0.717) is 16.6 Å². The first-order valence-electron chi connectivity index (χ1n) is 5.18. The summed E-state index contributed by atoms with van der Waals surface area (Å²) in [7, 11) is 0. The maximum atomic E-state index is 10.5. The molecule has 0 spiro atoms. The van der Waals surface area contributed by atoms with Crippen LogP contribution in [0.3, 0.4) is 0 Å². The third kappa shape index (κ3) is 3.74. The lowest BCUT2D eigenvalue weighted by atomic mass is 9.86. The van der Waals surface area contributed by atoms with Gasteiger partial charge in [-0.3, -0.25) is 15.1 Å². The molecule has 1 atom stereocenters. The van der Waals surface area contributed by atoms with Gasteiger partial charge >= 0.3 is 0 Å². The average Bonchev–Trinajstić information content (AvgIpc) is 2.19. The van der Waals surface area contributed by atoms with Gasteiger partial charge in [-0.15, -0.1) is 0 Å². The molecule has 0 aliphatic heterocycles. The zero-order valence-corrected chi connectivity index (χ0v) is 11.6. The van der Waals surface area contributed by atoms with Crippen molar-refractivity contribution in [1.82, 2.24) is 4.98 Å². The molecule has 0 bridgehead atoms. The summed E-state index contributed by atoms with van der Waals surface area (Å²) in [6, 6.07) is 1.40. The Bertz CT molecular complexity index is 429. The number of nitro groups is 1.